The third-order valence-electron chi connectivity index (χ3n) is 10.3. The topological polar surface area (TPSA) is 207 Å². The number of rotatable bonds is 14. The van der Waals surface area contributed by atoms with E-state index in [1.165, 1.54) is 23.3 Å². The molecule has 2 aromatic heterocycles. The minimum Gasteiger partial charge on any atom is -0.497 e. The van der Waals surface area contributed by atoms with Crippen LogP contribution < -0.4 is 30.1 Å². The van der Waals surface area contributed by atoms with Crippen molar-refractivity contribution in [2.24, 2.45) is 11.3 Å². The monoisotopic (exact) mass is 877 g/mol. The molecule has 2 saturated carbocycles. The summed E-state index contributed by atoms with van der Waals surface area (Å²) in [4.78, 5) is 66.3. The van der Waals surface area contributed by atoms with Gasteiger partial charge in [0.25, 0.3) is 5.91 Å². The lowest BCUT2D eigenvalue weighted by Crippen LogP contribution is -2.60. The number of alkyl carbamates (subject to hydrolysis) is 1. The minimum atomic E-state index is -4.16. The second-order valence-electron chi connectivity index (χ2n) is 17.9. The number of amides is 4. The molecule has 6 rings (SSSR count). The number of anilines is 1. The van der Waals surface area contributed by atoms with Gasteiger partial charge in [0.05, 0.1) is 36.0 Å². The number of carbonyl (C=O) groups is 4. The second kappa shape index (κ2) is 16.5. The molecule has 60 heavy (non-hydrogen) atoms. The third kappa shape index (κ3) is 10.0. The Morgan fingerprint density at radius 2 is 1.72 bits per heavy atom. The number of thiazole rings is 1. The number of carbonyl (C=O) groups excluding carboxylic acids is 4. The van der Waals surface area contributed by atoms with Crippen LogP contribution in [0.15, 0.2) is 29.6 Å². The Bertz CT molecular complexity index is 2260. The number of likely N-dealkylation sites (tertiary alicyclic amines) is 1. The molecule has 328 valence electrons. The highest BCUT2D eigenvalue weighted by Gasteiger charge is 2.67. The van der Waals surface area contributed by atoms with Gasteiger partial charge in [0.2, 0.25) is 28.3 Å². The molecule has 0 radical (unpaired) electrons. The number of methoxy groups -OCH3 is 1. The Labute approximate surface area is 351 Å². The maximum Gasteiger partial charge on any atom is 0.408 e. The van der Waals surface area contributed by atoms with E-state index in [4.69, 9.17) is 24.2 Å². The van der Waals surface area contributed by atoms with Crippen LogP contribution in [-0.2, 0) is 29.1 Å². The molecule has 4 N–H and O–H groups in total. The van der Waals surface area contributed by atoms with Crippen LogP contribution in [0.1, 0.15) is 81.1 Å². The average molecular weight is 878 g/mol. The van der Waals surface area contributed by atoms with Crippen molar-refractivity contribution < 1.29 is 50.6 Å². The van der Waals surface area contributed by atoms with Crippen LogP contribution in [-0.4, -0.2) is 108 Å². The van der Waals surface area contributed by atoms with Crippen molar-refractivity contribution in [2.45, 2.75) is 128 Å². The molecule has 0 bridgehead atoms. The Kier molecular flexibility index (Phi) is 12.3. The van der Waals surface area contributed by atoms with Crippen molar-refractivity contribution in [3.63, 3.8) is 0 Å². The molecule has 3 aliphatic rings. The summed E-state index contributed by atoms with van der Waals surface area (Å²) >= 11 is 1.40. The summed E-state index contributed by atoms with van der Waals surface area (Å²) in [6.45, 7) is 13.9. The van der Waals surface area contributed by atoms with E-state index in [1.54, 1.807) is 65.8 Å². The van der Waals surface area contributed by atoms with Gasteiger partial charge in [0.15, 0.2) is 5.13 Å². The number of nitrogens with one attached hydrogen (secondary N) is 4. The number of hydrogen-bond acceptors (Lipinski definition) is 13. The summed E-state index contributed by atoms with van der Waals surface area (Å²) in [6.07, 6.45) is -4.91. The Hall–Kier alpha value is -4.85. The quantitative estimate of drug-likeness (QED) is 0.164. The lowest BCUT2D eigenvalue weighted by atomic mass is 9.85. The fraction of sp³-hybridized carbons (Fsp3) is 0.600. The van der Waals surface area contributed by atoms with Crippen molar-refractivity contribution in [3.8, 4) is 22.9 Å². The summed E-state index contributed by atoms with van der Waals surface area (Å²) in [5.41, 5.74) is -2.55. The molecule has 1 aliphatic heterocycles. The number of sulfonamides is 1. The highest BCUT2D eigenvalue weighted by molar-refractivity contribution is 7.91. The molecule has 3 heterocycles. The SMILES string of the molecule is COc1ccc2c(O[C@@H]3CC(C(=O)N[C@@]4(C(=O)NS(=O)(=O)C5CC5)C[C@H]4C(F)F)N(C(=O)[C@@H](NC(=O)OC(C)(C)C)C(C)(C)C)C3)cc(-c3csc(NC(C)C)n3)nc2c1. The maximum absolute atomic E-state index is 14.7. The molecule has 2 aliphatic carbocycles. The molecule has 1 unspecified atom stereocenters. The zero-order valence-corrected chi connectivity index (χ0v) is 36.7. The Balaban J connectivity index is 1.36. The Morgan fingerprint density at radius 1 is 1.02 bits per heavy atom. The van der Waals surface area contributed by atoms with Crippen LogP contribution in [0.3, 0.4) is 0 Å². The van der Waals surface area contributed by atoms with Gasteiger partial charge >= 0.3 is 6.09 Å². The molecule has 1 saturated heterocycles. The van der Waals surface area contributed by atoms with Crippen molar-refractivity contribution in [2.75, 3.05) is 19.0 Å². The van der Waals surface area contributed by atoms with Gasteiger partial charge in [-0.3, -0.25) is 19.1 Å². The lowest BCUT2D eigenvalue weighted by Gasteiger charge is -2.36. The first kappa shape index (κ1) is 44.7. The fourth-order valence-corrected chi connectivity index (χ4v) is 9.29. The zero-order valence-electron chi connectivity index (χ0n) is 35.1. The summed E-state index contributed by atoms with van der Waals surface area (Å²) in [5.74, 6) is -3.75. The third-order valence-corrected chi connectivity index (χ3v) is 12.9. The van der Waals surface area contributed by atoms with Gasteiger partial charge in [-0.2, -0.15) is 0 Å². The highest BCUT2D eigenvalue weighted by Crippen LogP contribution is 2.48. The van der Waals surface area contributed by atoms with Gasteiger partial charge < -0.3 is 35.1 Å². The van der Waals surface area contributed by atoms with E-state index in [9.17, 15) is 36.4 Å². The van der Waals surface area contributed by atoms with Gasteiger partial charge in [-0.15, -0.1) is 11.3 Å². The van der Waals surface area contributed by atoms with Gasteiger partial charge in [-0.1, -0.05) is 20.8 Å². The number of alkyl halides is 2. The number of benzene rings is 1. The summed E-state index contributed by atoms with van der Waals surface area (Å²) in [7, 11) is -2.63. The number of nitrogens with zero attached hydrogens (tertiary/aromatic N) is 3. The lowest BCUT2D eigenvalue weighted by molar-refractivity contribution is -0.143. The van der Waals surface area contributed by atoms with E-state index in [0.717, 1.165) is 0 Å². The van der Waals surface area contributed by atoms with Crippen LogP contribution >= 0.6 is 11.3 Å². The van der Waals surface area contributed by atoms with Crippen molar-refractivity contribution in [3.05, 3.63) is 29.6 Å². The van der Waals surface area contributed by atoms with E-state index in [2.05, 4.69) is 16.0 Å². The van der Waals surface area contributed by atoms with Crippen LogP contribution in [0.2, 0.25) is 0 Å². The van der Waals surface area contributed by atoms with Crippen LogP contribution in [0.25, 0.3) is 22.3 Å². The van der Waals surface area contributed by atoms with E-state index < -0.39 is 92.6 Å². The number of fused-ring (bicyclic) bond motifs is 1. The normalized spacial score (nSPS) is 22.4. The standard InChI is InChI=1S/C40H53F2N7O9S2/c1-20(2)43-36-45-28(19-59-36)27-16-30(24-13-10-21(56-9)14-26(24)44-27)57-22-15-29(49(18-22)34(51)31(38(3,4)5)46-37(53)58-39(6,7)8)33(50)47-40(17-25(40)32(41)42)35(52)48-60(54,55)23-11-12-23/h10,13-14,16,19-20,22-23,25,29,31-32H,11-12,15,17-18H2,1-9H3,(H,43,45)(H,46,53)(H,47,50)(H,48,52)/t22-,25+,29?,31-,40+/m1/s1. The first-order chi connectivity index (χ1) is 27.9. The van der Waals surface area contributed by atoms with E-state index in [-0.39, 0.29) is 19.0 Å². The molecular weight excluding hydrogens is 825 g/mol. The van der Waals surface area contributed by atoms with E-state index in [0.29, 0.717) is 51.8 Å². The molecule has 4 amide bonds. The minimum absolute atomic E-state index is 0.133. The largest absolute Gasteiger partial charge is 0.497 e. The molecule has 0 spiro atoms. The predicted molar refractivity (Wildman–Crippen MR) is 220 cm³/mol. The van der Waals surface area contributed by atoms with Crippen LogP contribution in [0.4, 0.5) is 18.7 Å². The molecule has 20 heteroatoms. The zero-order chi connectivity index (χ0) is 44.1. The fourth-order valence-electron chi connectivity index (χ4n) is 7.07. The van der Waals surface area contributed by atoms with Gasteiger partial charge in [0, 0.05) is 35.4 Å². The molecule has 5 atom stereocenters. The van der Waals surface area contributed by atoms with Gasteiger partial charge in [-0.05, 0) is 71.4 Å². The van der Waals surface area contributed by atoms with Crippen LogP contribution in [0, 0.1) is 11.3 Å². The van der Waals surface area contributed by atoms with Crippen molar-refractivity contribution in [1.29, 1.82) is 0 Å². The predicted octanol–water partition coefficient (Wildman–Crippen LogP) is 5.22. The van der Waals surface area contributed by atoms with Crippen molar-refractivity contribution in [1.82, 2.24) is 30.2 Å². The smallest absolute Gasteiger partial charge is 0.408 e. The summed E-state index contributed by atoms with van der Waals surface area (Å²) < 4.78 is 73.4. The number of halogens is 2. The number of aromatic nitrogens is 2. The first-order valence-corrected chi connectivity index (χ1v) is 22.2. The number of pyridine rings is 1. The molecule has 3 aromatic rings. The van der Waals surface area contributed by atoms with Crippen molar-refractivity contribution >= 4 is 61.2 Å². The maximum atomic E-state index is 14.7. The van der Waals surface area contributed by atoms with Gasteiger partial charge in [-0.25, -0.2) is 32.0 Å². The molecular formula is C40H53F2N7O9S2. The first-order valence-electron chi connectivity index (χ1n) is 19.7. The van der Waals surface area contributed by atoms with E-state index in [1.807, 2.05) is 23.9 Å². The Morgan fingerprint density at radius 3 is 2.30 bits per heavy atom. The number of hydrogen-bond donors (Lipinski definition) is 4. The summed E-state index contributed by atoms with van der Waals surface area (Å²) in [6, 6.07) is 4.37. The van der Waals surface area contributed by atoms with E-state index >= 15 is 0 Å². The number of ether oxygens (including phenoxy) is 3. The highest BCUT2D eigenvalue weighted by atomic mass is 32.2. The molecule has 1 aromatic carbocycles. The van der Waals surface area contributed by atoms with Crippen LogP contribution in [0.5, 0.6) is 11.5 Å². The summed E-state index contributed by atoms with van der Waals surface area (Å²) in [5, 5.41) is 10.6. The molecule has 16 nitrogen and oxygen atoms in total. The average Bonchev–Trinajstić information content (AvgIpc) is 4.03. The van der Waals surface area contributed by atoms with Gasteiger partial charge in [0.1, 0.15) is 46.5 Å². The second-order valence-corrected chi connectivity index (χ2v) is 20.8. The molecule has 3 fully saturated rings.